The summed E-state index contributed by atoms with van der Waals surface area (Å²) in [7, 11) is 0. The summed E-state index contributed by atoms with van der Waals surface area (Å²) in [6.45, 7) is 4.03. The maximum absolute atomic E-state index is 11.6. The Labute approximate surface area is 95.5 Å². The van der Waals surface area contributed by atoms with Gasteiger partial charge in [0.2, 0.25) is 5.91 Å². The highest BCUT2D eigenvalue weighted by atomic mass is 16.3. The van der Waals surface area contributed by atoms with Crippen molar-refractivity contribution in [2.24, 2.45) is 11.7 Å². The summed E-state index contributed by atoms with van der Waals surface area (Å²) in [4.78, 5) is 11.6. The first-order valence-corrected chi connectivity index (χ1v) is 5.34. The number of rotatable bonds is 4. The van der Waals surface area contributed by atoms with Crippen LogP contribution >= 0.6 is 0 Å². The number of carbonyl (C=O) groups excluding carboxylic acids is 1. The highest BCUT2D eigenvalue weighted by Crippen LogP contribution is 2.15. The fraction of sp³-hybridized carbons (Fsp3) is 0.417. The molecule has 16 heavy (non-hydrogen) atoms. The Bertz CT molecular complexity index is 364. The topological polar surface area (TPSA) is 75.4 Å². The van der Waals surface area contributed by atoms with E-state index >= 15 is 0 Å². The lowest BCUT2D eigenvalue weighted by Gasteiger charge is -2.14. The van der Waals surface area contributed by atoms with Crippen LogP contribution < -0.4 is 11.1 Å². The fourth-order valence-electron chi connectivity index (χ4n) is 1.43. The van der Waals surface area contributed by atoms with Crippen molar-refractivity contribution in [3.05, 3.63) is 24.3 Å². The van der Waals surface area contributed by atoms with E-state index in [0.29, 0.717) is 18.0 Å². The molecule has 4 heteroatoms. The largest absolute Gasteiger partial charge is 0.508 e. The standard InChI is InChI=1S/C12H18N2O2/c1-8(2)6-11(13)12(16)14-9-4-3-5-10(15)7-9/h3-5,7-8,11,15H,6,13H2,1-2H3,(H,14,16)/t11-/m0/s1. The first-order chi connectivity index (χ1) is 7.49. The SMILES string of the molecule is CC(C)C[C@H](N)C(=O)Nc1cccc(O)c1. The zero-order valence-corrected chi connectivity index (χ0v) is 9.60. The number of amides is 1. The lowest BCUT2D eigenvalue weighted by molar-refractivity contribution is -0.117. The van der Waals surface area contributed by atoms with Gasteiger partial charge in [-0.05, 0) is 24.5 Å². The minimum absolute atomic E-state index is 0.121. The molecule has 4 N–H and O–H groups in total. The number of aromatic hydroxyl groups is 1. The van der Waals surface area contributed by atoms with Gasteiger partial charge in [-0.1, -0.05) is 19.9 Å². The molecular weight excluding hydrogens is 204 g/mol. The molecule has 1 amide bonds. The van der Waals surface area contributed by atoms with E-state index in [2.05, 4.69) is 5.32 Å². The molecular formula is C12H18N2O2. The van der Waals surface area contributed by atoms with Gasteiger partial charge in [-0.3, -0.25) is 4.79 Å². The Kier molecular flexibility index (Phi) is 4.31. The van der Waals surface area contributed by atoms with Gasteiger partial charge in [0.15, 0.2) is 0 Å². The number of nitrogens with two attached hydrogens (primary N) is 1. The van der Waals surface area contributed by atoms with E-state index in [9.17, 15) is 9.90 Å². The van der Waals surface area contributed by atoms with Crippen LogP contribution in [0.4, 0.5) is 5.69 Å². The number of hydrogen-bond donors (Lipinski definition) is 3. The van der Waals surface area contributed by atoms with Crippen LogP contribution in [0.5, 0.6) is 5.75 Å². The monoisotopic (exact) mass is 222 g/mol. The van der Waals surface area contributed by atoms with Gasteiger partial charge >= 0.3 is 0 Å². The summed E-state index contributed by atoms with van der Waals surface area (Å²) >= 11 is 0. The van der Waals surface area contributed by atoms with Crippen molar-refractivity contribution in [2.45, 2.75) is 26.3 Å². The van der Waals surface area contributed by atoms with E-state index in [-0.39, 0.29) is 11.7 Å². The average Bonchev–Trinajstić information content (AvgIpc) is 2.16. The maximum Gasteiger partial charge on any atom is 0.241 e. The third-order valence-corrected chi connectivity index (χ3v) is 2.18. The average molecular weight is 222 g/mol. The van der Waals surface area contributed by atoms with Crippen LogP contribution in [-0.4, -0.2) is 17.1 Å². The van der Waals surface area contributed by atoms with E-state index in [4.69, 9.17) is 5.73 Å². The minimum atomic E-state index is -0.512. The number of benzene rings is 1. The Morgan fingerprint density at radius 2 is 2.19 bits per heavy atom. The van der Waals surface area contributed by atoms with Gasteiger partial charge in [-0.25, -0.2) is 0 Å². The van der Waals surface area contributed by atoms with Crippen LogP contribution in [0.1, 0.15) is 20.3 Å². The van der Waals surface area contributed by atoms with Crippen LogP contribution in [0.3, 0.4) is 0 Å². The maximum atomic E-state index is 11.6. The van der Waals surface area contributed by atoms with Crippen LogP contribution in [0.15, 0.2) is 24.3 Å². The van der Waals surface area contributed by atoms with Crippen molar-refractivity contribution in [1.82, 2.24) is 0 Å². The Morgan fingerprint density at radius 1 is 1.50 bits per heavy atom. The predicted octanol–water partition coefficient (Wildman–Crippen LogP) is 1.70. The molecule has 0 saturated carbocycles. The minimum Gasteiger partial charge on any atom is -0.508 e. The third kappa shape index (κ3) is 3.90. The second-order valence-electron chi connectivity index (χ2n) is 4.28. The van der Waals surface area contributed by atoms with E-state index in [1.807, 2.05) is 13.8 Å². The van der Waals surface area contributed by atoms with Crippen LogP contribution in [0.2, 0.25) is 0 Å². The molecule has 0 spiro atoms. The number of anilines is 1. The molecule has 1 rings (SSSR count). The molecule has 0 bridgehead atoms. The van der Waals surface area contributed by atoms with Gasteiger partial charge in [0.25, 0.3) is 0 Å². The summed E-state index contributed by atoms with van der Waals surface area (Å²) < 4.78 is 0. The fourth-order valence-corrected chi connectivity index (χ4v) is 1.43. The zero-order valence-electron chi connectivity index (χ0n) is 9.60. The van der Waals surface area contributed by atoms with Crippen molar-refractivity contribution in [2.75, 3.05) is 5.32 Å². The molecule has 0 aliphatic carbocycles. The van der Waals surface area contributed by atoms with Crippen molar-refractivity contribution < 1.29 is 9.90 Å². The van der Waals surface area contributed by atoms with Gasteiger partial charge in [-0.2, -0.15) is 0 Å². The Balaban J connectivity index is 2.57. The number of phenolic OH excluding ortho intramolecular Hbond substituents is 1. The summed E-state index contributed by atoms with van der Waals surface area (Å²) in [6.07, 6.45) is 0.644. The quantitative estimate of drug-likeness (QED) is 0.725. The van der Waals surface area contributed by atoms with E-state index in [1.165, 1.54) is 6.07 Å². The number of hydrogen-bond acceptors (Lipinski definition) is 3. The molecule has 0 aliphatic heterocycles. The molecule has 0 aromatic heterocycles. The van der Waals surface area contributed by atoms with Crippen molar-refractivity contribution in [3.63, 3.8) is 0 Å². The molecule has 0 heterocycles. The van der Waals surface area contributed by atoms with Crippen LogP contribution in [-0.2, 0) is 4.79 Å². The third-order valence-electron chi connectivity index (χ3n) is 2.18. The predicted molar refractivity (Wildman–Crippen MR) is 64.2 cm³/mol. The van der Waals surface area contributed by atoms with Crippen molar-refractivity contribution in [1.29, 1.82) is 0 Å². The summed E-state index contributed by atoms with van der Waals surface area (Å²) in [5.41, 5.74) is 6.29. The molecule has 0 aliphatic rings. The first kappa shape index (κ1) is 12.5. The van der Waals surface area contributed by atoms with Crippen molar-refractivity contribution in [3.8, 4) is 5.75 Å². The van der Waals surface area contributed by atoms with Crippen LogP contribution in [0.25, 0.3) is 0 Å². The summed E-state index contributed by atoms with van der Waals surface area (Å²) in [6, 6.07) is 5.89. The molecule has 0 unspecified atom stereocenters. The Morgan fingerprint density at radius 3 is 2.75 bits per heavy atom. The van der Waals surface area contributed by atoms with Crippen LogP contribution in [0, 0.1) is 5.92 Å². The van der Waals surface area contributed by atoms with Crippen molar-refractivity contribution >= 4 is 11.6 Å². The second kappa shape index (κ2) is 5.51. The molecule has 4 nitrogen and oxygen atoms in total. The first-order valence-electron chi connectivity index (χ1n) is 5.34. The van der Waals surface area contributed by atoms with E-state index < -0.39 is 6.04 Å². The van der Waals surface area contributed by atoms with Gasteiger partial charge < -0.3 is 16.2 Å². The summed E-state index contributed by atoms with van der Waals surface area (Å²) in [5.74, 6) is 0.277. The molecule has 0 radical (unpaired) electrons. The van der Waals surface area contributed by atoms with Gasteiger partial charge in [0.05, 0.1) is 6.04 Å². The molecule has 0 saturated heterocycles. The number of carbonyl (C=O) groups is 1. The zero-order chi connectivity index (χ0) is 12.1. The summed E-state index contributed by atoms with van der Waals surface area (Å²) in [5, 5.41) is 11.9. The highest BCUT2D eigenvalue weighted by Gasteiger charge is 2.14. The van der Waals surface area contributed by atoms with Gasteiger partial charge in [0.1, 0.15) is 5.75 Å². The Hall–Kier alpha value is -1.55. The lowest BCUT2D eigenvalue weighted by atomic mass is 10.0. The normalized spacial score (nSPS) is 12.5. The molecule has 0 fully saturated rings. The lowest BCUT2D eigenvalue weighted by Crippen LogP contribution is -2.36. The highest BCUT2D eigenvalue weighted by molar-refractivity contribution is 5.94. The van der Waals surface area contributed by atoms with E-state index in [0.717, 1.165) is 0 Å². The molecule has 88 valence electrons. The van der Waals surface area contributed by atoms with Gasteiger partial charge in [0, 0.05) is 11.8 Å². The molecule has 1 aromatic rings. The van der Waals surface area contributed by atoms with E-state index in [1.54, 1.807) is 18.2 Å². The number of nitrogens with one attached hydrogen (secondary N) is 1. The smallest absolute Gasteiger partial charge is 0.241 e. The molecule has 1 atom stereocenters. The second-order valence-corrected chi connectivity index (χ2v) is 4.28. The number of phenols is 1. The molecule has 1 aromatic carbocycles. The van der Waals surface area contributed by atoms with Gasteiger partial charge in [-0.15, -0.1) is 0 Å².